The lowest BCUT2D eigenvalue weighted by molar-refractivity contribution is -0.145. The number of aryl methyl sites for hydroxylation is 1. The molecule has 0 spiro atoms. The van der Waals surface area contributed by atoms with Gasteiger partial charge in [0.25, 0.3) is 0 Å². The first-order valence-corrected chi connectivity index (χ1v) is 12.9. The molecule has 1 aromatic heterocycles. The quantitative estimate of drug-likeness (QED) is 0.0704. The molecule has 0 saturated heterocycles. The van der Waals surface area contributed by atoms with Crippen LogP contribution in [0, 0.1) is 5.92 Å². The zero-order chi connectivity index (χ0) is 24.4. The number of alkyl halides is 2. The molecule has 12 heteroatoms. The lowest BCUT2D eigenvalue weighted by atomic mass is 10.0. The standard InChI is InChI=1S/C8H16O2.C7H12N4.C3H6I2.CH6N4/c1-4-5-6-7(2)8(9)10-3;1-5-3-2-4-11-6(5)9-7(8)10-11;1-2-3(4)5;2-1(3)5-4/h7H,4-6H2,1-3H3;5H,2-4H2,1H3,(H2,8,10);3H,2H2,1H3;4H2,(H4,2,3,5). The molecule has 1 aliphatic heterocycles. The maximum absolute atomic E-state index is 10.8. The van der Waals surface area contributed by atoms with Crippen molar-refractivity contribution in [2.45, 2.75) is 80.6 Å². The van der Waals surface area contributed by atoms with Crippen LogP contribution >= 0.6 is 45.2 Å². The third-order valence-corrected chi connectivity index (χ3v) is 5.98. The van der Waals surface area contributed by atoms with Crippen molar-refractivity contribution in [1.29, 1.82) is 0 Å². The van der Waals surface area contributed by atoms with Gasteiger partial charge in [-0.25, -0.2) is 4.68 Å². The summed E-state index contributed by atoms with van der Waals surface area (Å²) in [7, 11) is 1.44. The van der Waals surface area contributed by atoms with Crippen molar-refractivity contribution in [3.63, 3.8) is 0 Å². The van der Waals surface area contributed by atoms with Gasteiger partial charge in [-0.2, -0.15) is 4.98 Å². The minimum Gasteiger partial charge on any atom is -0.469 e. The molecule has 2 unspecified atom stereocenters. The summed E-state index contributed by atoms with van der Waals surface area (Å²) >= 11 is 4.79. The molecule has 2 rings (SSSR count). The number of guanidine groups is 1. The first-order valence-electron chi connectivity index (χ1n) is 10.4. The highest BCUT2D eigenvalue weighted by atomic mass is 127. The van der Waals surface area contributed by atoms with Crippen molar-refractivity contribution in [1.82, 2.24) is 14.8 Å². The molecular formula is C19H40I2N8O2. The Hall–Kier alpha value is -1.06. The van der Waals surface area contributed by atoms with E-state index in [4.69, 9.17) is 17.2 Å². The Morgan fingerprint density at radius 3 is 2.29 bits per heavy atom. The van der Waals surface area contributed by atoms with Crippen LogP contribution in [0.3, 0.4) is 0 Å². The molecule has 0 saturated carbocycles. The van der Waals surface area contributed by atoms with Gasteiger partial charge in [0, 0.05) is 12.5 Å². The number of rotatable bonds is 5. The van der Waals surface area contributed by atoms with Gasteiger partial charge in [-0.15, -0.1) is 10.2 Å². The van der Waals surface area contributed by atoms with Crippen molar-refractivity contribution in [3.05, 3.63) is 5.82 Å². The average molecular weight is 666 g/mol. The predicted molar refractivity (Wildman–Crippen MR) is 145 cm³/mol. The minimum atomic E-state index is -0.0926. The summed E-state index contributed by atoms with van der Waals surface area (Å²) in [6.45, 7) is 9.35. The van der Waals surface area contributed by atoms with Gasteiger partial charge in [-0.3, -0.25) is 4.79 Å². The molecule has 0 bridgehead atoms. The Bertz CT molecular complexity index is 622. The van der Waals surface area contributed by atoms with Crippen LogP contribution < -0.4 is 23.0 Å². The first-order chi connectivity index (χ1) is 14.5. The maximum atomic E-state index is 10.8. The smallest absolute Gasteiger partial charge is 0.308 e. The molecule has 2 heterocycles. The van der Waals surface area contributed by atoms with Crippen LogP contribution in [-0.2, 0) is 16.1 Å². The third-order valence-electron chi connectivity index (χ3n) is 4.22. The first kappa shape index (κ1) is 32.1. The number of carbonyl (C=O) groups is 1. The van der Waals surface area contributed by atoms with E-state index in [1.54, 1.807) is 0 Å². The van der Waals surface area contributed by atoms with Crippen LogP contribution in [0.4, 0.5) is 5.95 Å². The number of nitrogens with zero attached hydrogens (tertiary/aromatic N) is 4. The SMILES string of the molecule is CC1CCCn2nc(N)nc21.CCC(I)I.CCCCC(C)C(=O)OC.NN=C(N)N. The largest absolute Gasteiger partial charge is 0.469 e. The van der Waals surface area contributed by atoms with Gasteiger partial charge in [0.15, 0.2) is 0 Å². The van der Waals surface area contributed by atoms with Gasteiger partial charge in [0.05, 0.1) is 15.0 Å². The van der Waals surface area contributed by atoms with E-state index in [1.165, 1.54) is 26.4 Å². The summed E-state index contributed by atoms with van der Waals surface area (Å²) < 4.78 is 7.31. The predicted octanol–water partition coefficient (Wildman–Crippen LogP) is 3.47. The van der Waals surface area contributed by atoms with E-state index in [-0.39, 0.29) is 17.8 Å². The second-order valence-electron chi connectivity index (χ2n) is 7.01. The van der Waals surface area contributed by atoms with Crippen molar-refractivity contribution < 1.29 is 9.53 Å². The molecule has 2 atom stereocenters. The molecule has 10 nitrogen and oxygen atoms in total. The molecule has 1 aromatic rings. The van der Waals surface area contributed by atoms with Gasteiger partial charge >= 0.3 is 5.97 Å². The number of carbonyl (C=O) groups excluding carboxylic acids is 1. The maximum Gasteiger partial charge on any atom is 0.308 e. The van der Waals surface area contributed by atoms with Gasteiger partial charge < -0.3 is 27.8 Å². The number of nitrogen functional groups attached to an aromatic ring is 1. The Morgan fingerprint density at radius 2 is 1.90 bits per heavy atom. The minimum absolute atomic E-state index is 0.0740. The van der Waals surface area contributed by atoms with E-state index in [0.29, 0.717) is 11.9 Å². The summed E-state index contributed by atoms with van der Waals surface area (Å²) in [5.41, 5.74) is 14.9. The second-order valence-corrected chi connectivity index (χ2v) is 12.4. The molecule has 0 fully saturated rings. The zero-order valence-electron chi connectivity index (χ0n) is 19.4. The molecular weight excluding hydrogens is 626 g/mol. The third kappa shape index (κ3) is 17.2. The van der Waals surface area contributed by atoms with E-state index >= 15 is 0 Å². The Labute approximate surface area is 213 Å². The monoisotopic (exact) mass is 666 g/mol. The number of aromatic nitrogens is 3. The highest BCUT2D eigenvalue weighted by molar-refractivity contribution is 14.2. The van der Waals surface area contributed by atoms with Crippen molar-refractivity contribution >= 4 is 63.1 Å². The number of hydrazone groups is 1. The van der Waals surface area contributed by atoms with E-state index in [2.05, 4.69) is 91.7 Å². The molecule has 0 aliphatic carbocycles. The lowest BCUT2D eigenvalue weighted by Gasteiger charge is -2.17. The topological polar surface area (TPSA) is 173 Å². The molecule has 31 heavy (non-hydrogen) atoms. The number of unbranched alkanes of at least 4 members (excludes halogenated alkanes) is 1. The second kappa shape index (κ2) is 19.6. The zero-order valence-corrected chi connectivity index (χ0v) is 23.7. The fourth-order valence-corrected chi connectivity index (χ4v) is 2.41. The average Bonchev–Trinajstić information content (AvgIpc) is 3.14. The van der Waals surface area contributed by atoms with Gasteiger partial charge in [-0.05, 0) is 25.7 Å². The van der Waals surface area contributed by atoms with Crippen molar-refractivity contribution in [2.24, 2.45) is 28.3 Å². The number of fused-ring (bicyclic) bond motifs is 1. The number of hydrogen-bond donors (Lipinski definition) is 4. The van der Waals surface area contributed by atoms with Crippen LogP contribution in [0.15, 0.2) is 5.10 Å². The number of halogens is 2. The fourth-order valence-electron chi connectivity index (χ4n) is 2.41. The number of esters is 1. The van der Waals surface area contributed by atoms with Crippen molar-refractivity contribution in [3.8, 4) is 0 Å². The Morgan fingerprint density at radius 1 is 1.35 bits per heavy atom. The van der Waals surface area contributed by atoms with Crippen LogP contribution in [-0.4, -0.2) is 35.7 Å². The van der Waals surface area contributed by atoms with Gasteiger partial charge in [0.2, 0.25) is 11.9 Å². The summed E-state index contributed by atoms with van der Waals surface area (Å²) in [4.78, 5) is 15.0. The number of anilines is 1. The van der Waals surface area contributed by atoms with Crippen LogP contribution in [0.1, 0.15) is 78.0 Å². The van der Waals surface area contributed by atoms with E-state index in [0.717, 1.165) is 33.6 Å². The Balaban J connectivity index is 0. The number of nitrogens with two attached hydrogens (primary N) is 4. The molecule has 182 valence electrons. The molecule has 1 aliphatic rings. The van der Waals surface area contributed by atoms with E-state index in [1.807, 2.05) is 11.6 Å². The van der Waals surface area contributed by atoms with Gasteiger partial charge in [-0.1, -0.05) is 85.7 Å². The van der Waals surface area contributed by atoms with Gasteiger partial charge in [0.1, 0.15) is 5.82 Å². The van der Waals surface area contributed by atoms with Crippen molar-refractivity contribution in [2.75, 3.05) is 12.8 Å². The number of methoxy groups -OCH3 is 1. The van der Waals surface area contributed by atoms with Crippen LogP contribution in [0.2, 0.25) is 0 Å². The summed E-state index contributed by atoms with van der Waals surface area (Å²) in [6, 6.07) is 0. The summed E-state index contributed by atoms with van der Waals surface area (Å²) in [6.07, 6.45) is 6.87. The Kier molecular flexibility index (Phi) is 20.3. The van der Waals surface area contributed by atoms with Crippen LogP contribution in [0.25, 0.3) is 0 Å². The number of hydrogen-bond acceptors (Lipinski definition) is 7. The van der Waals surface area contributed by atoms with E-state index < -0.39 is 0 Å². The highest BCUT2D eigenvalue weighted by Crippen LogP contribution is 2.24. The molecule has 0 aromatic carbocycles. The normalized spacial score (nSPS) is 14.9. The van der Waals surface area contributed by atoms with E-state index in [9.17, 15) is 4.79 Å². The highest BCUT2D eigenvalue weighted by Gasteiger charge is 2.19. The summed E-state index contributed by atoms with van der Waals surface area (Å²) in [5, 5.41) is 6.95. The number of ether oxygens (including phenoxy) is 1. The molecule has 0 amide bonds. The molecule has 8 N–H and O–H groups in total. The fraction of sp³-hybridized carbons (Fsp3) is 0.789. The summed E-state index contributed by atoms with van der Waals surface area (Å²) in [5.74, 6) is 6.38. The van der Waals surface area contributed by atoms with Crippen LogP contribution in [0.5, 0.6) is 0 Å². The lowest BCUT2D eigenvalue weighted by Crippen LogP contribution is -2.23. The molecule has 0 radical (unpaired) electrons.